The van der Waals surface area contributed by atoms with E-state index in [1.165, 1.54) is 0 Å². The van der Waals surface area contributed by atoms with Crippen LogP contribution in [0.5, 0.6) is 5.75 Å². The molecule has 0 fully saturated rings. The number of rotatable bonds is 9. The second kappa shape index (κ2) is 20.6. The van der Waals surface area contributed by atoms with Crippen molar-refractivity contribution in [3.8, 4) is 5.75 Å². The smallest absolute Gasteiger partial charge is 0.409 e. The van der Waals surface area contributed by atoms with Crippen molar-refractivity contribution in [1.29, 1.82) is 0 Å². The number of nitrogens with zero attached hydrogens (tertiary/aromatic N) is 1. The van der Waals surface area contributed by atoms with Crippen molar-refractivity contribution in [2.45, 2.75) is 20.4 Å². The molecule has 7 aromatic carbocycles. The maximum absolute atomic E-state index is 15.4. The highest BCUT2D eigenvalue weighted by molar-refractivity contribution is 7.20. The molecule has 0 saturated heterocycles. The summed E-state index contributed by atoms with van der Waals surface area (Å²) in [7, 11) is 0. The normalized spacial score (nSPS) is 11.5. The van der Waals surface area contributed by atoms with Crippen LogP contribution in [0.2, 0.25) is 0 Å². The molecule has 0 aliphatic heterocycles. The number of ether oxygens (including phenoxy) is 1. The van der Waals surface area contributed by atoms with E-state index >= 15 is 35.1 Å². The van der Waals surface area contributed by atoms with Gasteiger partial charge in [0.25, 0.3) is 5.69 Å². The van der Waals surface area contributed by atoms with Crippen molar-refractivity contribution >= 4 is 50.5 Å². The van der Waals surface area contributed by atoms with Gasteiger partial charge in [-0.15, -0.1) is 21.9 Å². The Morgan fingerprint density at radius 3 is 1.16 bits per heavy atom. The summed E-state index contributed by atoms with van der Waals surface area (Å²) in [5.74, 6) is -71.4. The van der Waals surface area contributed by atoms with Crippen LogP contribution in [0.1, 0.15) is 32.0 Å². The molecule has 0 amide bonds. The average molecular weight is 1080 g/mol. The largest absolute Gasteiger partial charge is 0.418 e. The van der Waals surface area contributed by atoms with Crippen molar-refractivity contribution in [2.75, 3.05) is 0 Å². The fourth-order valence-electron chi connectivity index (χ4n) is 8.33. The van der Waals surface area contributed by atoms with Crippen molar-refractivity contribution in [2.24, 2.45) is 0 Å². The molecule has 4 nitrogen and oxygen atoms in total. The highest BCUT2D eigenvalue weighted by Gasteiger charge is 2.52. The molecule has 0 N–H and O–H groups in total. The summed E-state index contributed by atoms with van der Waals surface area (Å²) in [4.78, 5) is 26.1. The minimum absolute atomic E-state index is 0.0477. The minimum Gasteiger partial charge on any atom is -0.418 e. The quantitative estimate of drug-likeness (QED) is 0.0212. The van der Waals surface area contributed by atoms with Gasteiger partial charge >= 0.3 is 5.97 Å². The number of halogens is 20. The number of hydrogen-bond donors (Lipinski definition) is 0. The van der Waals surface area contributed by atoms with E-state index in [0.717, 1.165) is 21.9 Å². The Kier molecular flexibility index (Phi) is 15.0. The molecule has 0 aliphatic carbocycles. The van der Waals surface area contributed by atoms with Gasteiger partial charge in [-0.1, -0.05) is 60.7 Å². The second-order valence-electron chi connectivity index (χ2n) is 16.1. The number of pyridine rings is 1. The molecular weight excluding hydrogens is 1050 g/mol. The third-order valence-electron chi connectivity index (χ3n) is 11.8. The Balaban J connectivity index is 0.000000236. The van der Waals surface area contributed by atoms with E-state index in [2.05, 4.69) is 0 Å². The summed E-state index contributed by atoms with van der Waals surface area (Å²) < 4.78 is 301. The number of benzene rings is 7. The van der Waals surface area contributed by atoms with Crippen LogP contribution in [0, 0.1) is 130 Å². The van der Waals surface area contributed by atoms with E-state index in [1.807, 2.05) is 80.6 Å². The van der Waals surface area contributed by atoms with Crippen LogP contribution in [-0.4, -0.2) is 17.9 Å². The summed E-state index contributed by atoms with van der Waals surface area (Å²) in [6.07, 6.45) is -5.45. The average Bonchev–Trinajstić information content (AvgIpc) is 3.39. The van der Waals surface area contributed by atoms with E-state index in [-0.39, 0.29) is 12.3 Å². The molecular formula is C50H22BF20NO3. The summed E-state index contributed by atoms with van der Waals surface area (Å²) in [6, 6.07) is 24.3. The summed E-state index contributed by atoms with van der Waals surface area (Å²) in [5.41, 5.74) is -11.5. The van der Waals surface area contributed by atoms with Gasteiger partial charge in [0.15, 0.2) is 76.0 Å². The zero-order valence-corrected chi connectivity index (χ0v) is 37.1. The summed E-state index contributed by atoms with van der Waals surface area (Å²) in [6.45, 7) is 3.90. The lowest BCUT2D eigenvalue weighted by molar-refractivity contribution is -0.684. The zero-order chi connectivity index (χ0) is 55.4. The molecule has 0 spiro atoms. The molecule has 388 valence electrons. The minimum atomic E-state index is -7.22. The monoisotopic (exact) mass is 1080 g/mol. The first-order valence-corrected chi connectivity index (χ1v) is 20.8. The molecule has 8 rings (SSSR count). The van der Waals surface area contributed by atoms with Gasteiger partial charge in [-0.05, 0) is 42.5 Å². The van der Waals surface area contributed by atoms with E-state index < -0.39 is 150 Å². The first-order chi connectivity index (χ1) is 35.2. The van der Waals surface area contributed by atoms with Crippen LogP contribution in [0.3, 0.4) is 0 Å². The van der Waals surface area contributed by atoms with Gasteiger partial charge in [-0.2, -0.15) is 4.57 Å². The Labute approximate surface area is 406 Å². The maximum Gasteiger partial charge on any atom is 0.409 e. The number of ketones is 1. The third kappa shape index (κ3) is 8.96. The Bertz CT molecular complexity index is 3310. The number of Topliss-reactive ketones (excluding diaryl/α,β-unsaturated/α-hetero) is 1. The van der Waals surface area contributed by atoms with E-state index in [4.69, 9.17) is 4.74 Å². The molecule has 1 heterocycles. The van der Waals surface area contributed by atoms with Crippen molar-refractivity contribution < 1.29 is 107 Å². The number of fused-ring (bicyclic) bond motifs is 1. The van der Waals surface area contributed by atoms with Crippen LogP contribution in [0.25, 0.3) is 10.8 Å². The Morgan fingerprint density at radius 2 is 0.773 bits per heavy atom. The van der Waals surface area contributed by atoms with Gasteiger partial charge in [0, 0.05) is 11.6 Å². The number of carbonyl (C=O) groups excluding carboxylic acids is 2. The molecule has 0 unspecified atom stereocenters. The lowest BCUT2D eigenvalue weighted by Crippen LogP contribution is -2.81. The predicted molar refractivity (Wildman–Crippen MR) is 225 cm³/mol. The molecule has 1 aromatic heterocycles. The van der Waals surface area contributed by atoms with Gasteiger partial charge in [-0.25, -0.2) is 92.6 Å². The molecule has 75 heavy (non-hydrogen) atoms. The topological polar surface area (TPSA) is 47.2 Å². The summed E-state index contributed by atoms with van der Waals surface area (Å²) in [5, 5.41) is 1.66. The van der Waals surface area contributed by atoms with E-state index in [9.17, 15) is 62.3 Å². The van der Waals surface area contributed by atoms with Gasteiger partial charge in [0.2, 0.25) is 12.3 Å². The zero-order valence-electron chi connectivity index (χ0n) is 37.1. The molecule has 0 radical (unpaired) electrons. The van der Waals surface area contributed by atoms with Crippen molar-refractivity contribution in [3.05, 3.63) is 224 Å². The van der Waals surface area contributed by atoms with Crippen LogP contribution >= 0.6 is 0 Å². The van der Waals surface area contributed by atoms with Crippen LogP contribution in [-0.2, 0) is 6.54 Å². The molecule has 25 heteroatoms. The van der Waals surface area contributed by atoms with Crippen LogP contribution in [0.4, 0.5) is 87.8 Å². The van der Waals surface area contributed by atoms with E-state index in [1.54, 1.807) is 22.9 Å². The van der Waals surface area contributed by atoms with Gasteiger partial charge in [0.05, 0.1) is 5.39 Å². The number of hydrogen-bond acceptors (Lipinski definition) is 3. The number of aryl methyl sites for hydroxylation is 2. The second-order valence-corrected chi connectivity index (χ2v) is 16.1. The highest BCUT2D eigenvalue weighted by atomic mass is 19.2. The SMILES string of the molecule is Cc1ccc(C)c(OC(=O)c2c3ccccc3cc[n+]2CC(=O)c2ccccc2)c1.Fc1c(F)c(F)c([B-](c2c(F)c(F)c(F)c(F)c2F)(c2c(F)c(F)c(F)c(F)c2F)c2c(F)c(F)c(F)c(F)c2F)c(F)c1F. The molecule has 0 atom stereocenters. The molecule has 8 aromatic rings. The fraction of sp³-hybridized carbons (Fsp3) is 0.0600. The van der Waals surface area contributed by atoms with Gasteiger partial charge in [0.1, 0.15) is 58.4 Å². The van der Waals surface area contributed by atoms with Gasteiger partial charge in [-0.3, -0.25) is 4.79 Å². The lowest BCUT2D eigenvalue weighted by Gasteiger charge is -2.44. The summed E-state index contributed by atoms with van der Waals surface area (Å²) >= 11 is 0. The molecule has 0 aliphatic rings. The van der Waals surface area contributed by atoms with Crippen LogP contribution in [0.15, 0.2) is 85.1 Å². The van der Waals surface area contributed by atoms with Crippen molar-refractivity contribution in [3.63, 3.8) is 0 Å². The first kappa shape index (κ1) is 54.5. The van der Waals surface area contributed by atoms with E-state index in [0.29, 0.717) is 17.0 Å². The predicted octanol–water partition coefficient (Wildman–Crippen LogP) is 10.7. The fourth-order valence-corrected chi connectivity index (χ4v) is 8.33. The standard InChI is InChI=1S/C26H22NO3.C24BF20/c1-18-12-13-19(2)24(16-18)30-26(29)25-22-11-7-6-8-20(22)14-15-27(25)17-23(28)21-9-4-3-5-10-21;26-5-1(6(27)14(35)21(42)13(5)34)25(2-7(28)15(36)22(43)16(37)8(2)29,3-9(30)17(38)23(44)18(39)10(3)31)4-11(32)19(40)24(45)20(41)12(4)33/h3-16H,17H2,1-2H3;/q+1;-1. The molecule has 0 bridgehead atoms. The van der Waals surface area contributed by atoms with Gasteiger partial charge < -0.3 is 4.74 Å². The first-order valence-electron chi connectivity index (χ1n) is 20.8. The van der Waals surface area contributed by atoms with Crippen LogP contribution < -0.4 is 31.2 Å². The van der Waals surface area contributed by atoms with Crippen molar-refractivity contribution in [1.82, 2.24) is 0 Å². The maximum atomic E-state index is 15.4. The lowest BCUT2D eigenvalue weighted by atomic mass is 9.12. The Morgan fingerprint density at radius 1 is 0.427 bits per heavy atom. The highest BCUT2D eigenvalue weighted by Crippen LogP contribution is 2.31. The number of esters is 1. The number of aromatic nitrogens is 1. The molecule has 0 saturated carbocycles. The Hall–Kier alpha value is -8.25. The third-order valence-corrected chi connectivity index (χ3v) is 11.8. The number of carbonyl (C=O) groups is 2.